The average molecular weight is 197 g/mol. The van der Waals surface area contributed by atoms with Crippen molar-refractivity contribution in [3.63, 3.8) is 0 Å². The Morgan fingerprint density at radius 1 is 1.27 bits per heavy atom. The van der Waals surface area contributed by atoms with Crippen molar-refractivity contribution in [3.8, 4) is 12.1 Å². The zero-order valence-electron chi connectivity index (χ0n) is 7.77. The average Bonchev–Trinajstić information content (AvgIpc) is 2.26. The molecule has 0 aliphatic heterocycles. The van der Waals surface area contributed by atoms with Gasteiger partial charge in [0.2, 0.25) is 0 Å². The second-order valence-electron chi connectivity index (χ2n) is 2.77. The lowest BCUT2D eigenvalue weighted by atomic mass is 10.1. The summed E-state index contributed by atoms with van der Waals surface area (Å²) >= 11 is 0. The fourth-order valence-electron chi connectivity index (χ4n) is 0.979. The van der Waals surface area contributed by atoms with Crippen LogP contribution in [0, 0.1) is 22.7 Å². The van der Waals surface area contributed by atoms with E-state index in [4.69, 9.17) is 16.3 Å². The van der Waals surface area contributed by atoms with Gasteiger partial charge in [0.1, 0.15) is 11.6 Å². The largest absolute Gasteiger partial charge is 0.365 e. The first-order valence-corrected chi connectivity index (χ1v) is 4.09. The maximum atomic E-state index is 10.7. The molecule has 15 heavy (non-hydrogen) atoms. The summed E-state index contributed by atoms with van der Waals surface area (Å²) in [6.07, 6.45) is 1.38. The fraction of sp³-hybridized carbons (Fsp3) is 0. The van der Waals surface area contributed by atoms with Crippen molar-refractivity contribution < 1.29 is 4.79 Å². The van der Waals surface area contributed by atoms with E-state index in [9.17, 15) is 4.79 Å². The Bertz CT molecular complexity index is 486. The van der Waals surface area contributed by atoms with Crippen LogP contribution in [-0.2, 0) is 4.79 Å². The van der Waals surface area contributed by atoms with Crippen molar-refractivity contribution in [1.29, 1.82) is 10.5 Å². The van der Waals surface area contributed by atoms with Gasteiger partial charge in [0.25, 0.3) is 5.91 Å². The van der Waals surface area contributed by atoms with Crippen LogP contribution in [0.5, 0.6) is 0 Å². The molecular formula is C11H7N3O. The van der Waals surface area contributed by atoms with Crippen molar-refractivity contribution in [2.24, 2.45) is 5.73 Å². The van der Waals surface area contributed by atoms with Gasteiger partial charge in [-0.2, -0.15) is 10.5 Å². The lowest BCUT2D eigenvalue weighted by Gasteiger charge is -1.94. The van der Waals surface area contributed by atoms with E-state index in [0.717, 1.165) is 0 Å². The standard InChI is InChI=1S/C11H7N3O/c12-6-9-3-1-8(2-4-9)5-10(7-13)11(14)15/h1-5H,(H2,14,15)/b10-5-. The summed E-state index contributed by atoms with van der Waals surface area (Å²) in [5.74, 6) is -0.762. The molecule has 2 N–H and O–H groups in total. The third-order valence-electron chi connectivity index (χ3n) is 1.74. The number of rotatable bonds is 2. The van der Waals surface area contributed by atoms with E-state index in [1.807, 2.05) is 6.07 Å². The number of hydrogen-bond donors (Lipinski definition) is 1. The molecule has 0 aromatic heterocycles. The molecule has 0 fully saturated rings. The monoisotopic (exact) mass is 197 g/mol. The van der Waals surface area contributed by atoms with Crippen LogP contribution in [0.1, 0.15) is 11.1 Å². The Morgan fingerprint density at radius 2 is 1.87 bits per heavy atom. The SMILES string of the molecule is N#C/C(=C/c1ccc(C#N)cc1)C(N)=O. The molecule has 1 rings (SSSR count). The maximum absolute atomic E-state index is 10.7. The Kier molecular flexibility index (Phi) is 3.21. The molecule has 0 radical (unpaired) electrons. The first-order chi connectivity index (χ1) is 7.17. The van der Waals surface area contributed by atoms with Crippen molar-refractivity contribution in [2.75, 3.05) is 0 Å². The molecule has 0 spiro atoms. The van der Waals surface area contributed by atoms with Gasteiger partial charge >= 0.3 is 0 Å². The number of benzene rings is 1. The van der Waals surface area contributed by atoms with Gasteiger partial charge in [-0.25, -0.2) is 0 Å². The quantitative estimate of drug-likeness (QED) is 0.565. The van der Waals surface area contributed by atoms with E-state index in [1.165, 1.54) is 6.08 Å². The minimum absolute atomic E-state index is 0.111. The van der Waals surface area contributed by atoms with E-state index in [1.54, 1.807) is 30.3 Å². The number of primary amides is 1. The van der Waals surface area contributed by atoms with Gasteiger partial charge in [0.15, 0.2) is 0 Å². The molecule has 4 heteroatoms. The zero-order chi connectivity index (χ0) is 11.3. The Morgan fingerprint density at radius 3 is 2.27 bits per heavy atom. The van der Waals surface area contributed by atoms with Crippen LogP contribution in [0.4, 0.5) is 0 Å². The number of nitriles is 2. The van der Waals surface area contributed by atoms with Crippen molar-refractivity contribution >= 4 is 12.0 Å². The zero-order valence-corrected chi connectivity index (χ0v) is 7.77. The van der Waals surface area contributed by atoms with Crippen molar-refractivity contribution in [3.05, 3.63) is 41.0 Å². The minimum atomic E-state index is -0.762. The number of hydrogen-bond acceptors (Lipinski definition) is 3. The molecule has 0 aliphatic rings. The minimum Gasteiger partial charge on any atom is -0.365 e. The first-order valence-electron chi connectivity index (χ1n) is 4.09. The van der Waals surface area contributed by atoms with Gasteiger partial charge in [-0.15, -0.1) is 0 Å². The molecule has 0 aliphatic carbocycles. The molecule has 0 heterocycles. The third-order valence-corrected chi connectivity index (χ3v) is 1.74. The number of nitrogens with two attached hydrogens (primary N) is 1. The molecule has 0 bridgehead atoms. The lowest BCUT2D eigenvalue weighted by Crippen LogP contribution is -2.12. The molecule has 0 saturated heterocycles. The highest BCUT2D eigenvalue weighted by molar-refractivity contribution is 6.00. The maximum Gasteiger partial charge on any atom is 0.259 e. The highest BCUT2D eigenvalue weighted by Gasteiger charge is 2.02. The summed E-state index contributed by atoms with van der Waals surface area (Å²) in [5.41, 5.74) is 6.03. The number of amides is 1. The van der Waals surface area contributed by atoms with E-state index in [2.05, 4.69) is 0 Å². The second kappa shape index (κ2) is 4.59. The topological polar surface area (TPSA) is 90.7 Å². The smallest absolute Gasteiger partial charge is 0.259 e. The summed E-state index contributed by atoms with van der Waals surface area (Å²) in [5, 5.41) is 17.1. The van der Waals surface area contributed by atoms with Gasteiger partial charge in [-0.05, 0) is 23.8 Å². The molecule has 72 valence electrons. The number of nitrogens with zero attached hydrogens (tertiary/aromatic N) is 2. The second-order valence-corrected chi connectivity index (χ2v) is 2.77. The van der Waals surface area contributed by atoms with Crippen LogP contribution in [0.25, 0.3) is 6.08 Å². The van der Waals surface area contributed by atoms with Crippen LogP contribution in [-0.4, -0.2) is 5.91 Å². The summed E-state index contributed by atoms with van der Waals surface area (Å²) in [6, 6.07) is 10.1. The molecule has 1 aromatic carbocycles. The highest BCUT2D eigenvalue weighted by atomic mass is 16.1. The summed E-state index contributed by atoms with van der Waals surface area (Å²) in [7, 11) is 0. The molecule has 1 amide bonds. The van der Waals surface area contributed by atoms with Crippen molar-refractivity contribution in [1.82, 2.24) is 0 Å². The van der Waals surface area contributed by atoms with Gasteiger partial charge in [0, 0.05) is 0 Å². The van der Waals surface area contributed by atoms with Crippen LogP contribution >= 0.6 is 0 Å². The first kappa shape index (κ1) is 10.5. The van der Waals surface area contributed by atoms with Gasteiger partial charge in [0.05, 0.1) is 11.6 Å². The number of carbonyl (C=O) groups excluding carboxylic acids is 1. The lowest BCUT2D eigenvalue weighted by molar-refractivity contribution is -0.114. The highest BCUT2D eigenvalue weighted by Crippen LogP contribution is 2.08. The van der Waals surface area contributed by atoms with E-state index in [-0.39, 0.29) is 5.57 Å². The van der Waals surface area contributed by atoms with Crippen LogP contribution < -0.4 is 5.73 Å². The molecule has 4 nitrogen and oxygen atoms in total. The van der Waals surface area contributed by atoms with Crippen LogP contribution in [0.15, 0.2) is 29.8 Å². The summed E-state index contributed by atoms with van der Waals surface area (Å²) in [4.78, 5) is 10.7. The van der Waals surface area contributed by atoms with Crippen LogP contribution in [0.2, 0.25) is 0 Å². The van der Waals surface area contributed by atoms with Gasteiger partial charge in [-0.3, -0.25) is 4.79 Å². The Balaban J connectivity index is 3.05. The van der Waals surface area contributed by atoms with E-state index >= 15 is 0 Å². The van der Waals surface area contributed by atoms with Gasteiger partial charge < -0.3 is 5.73 Å². The summed E-state index contributed by atoms with van der Waals surface area (Å²) < 4.78 is 0. The van der Waals surface area contributed by atoms with E-state index < -0.39 is 5.91 Å². The predicted octanol–water partition coefficient (Wildman–Crippen LogP) is 0.951. The third kappa shape index (κ3) is 2.68. The van der Waals surface area contributed by atoms with E-state index in [0.29, 0.717) is 11.1 Å². The molecular weight excluding hydrogens is 190 g/mol. The molecule has 1 aromatic rings. The van der Waals surface area contributed by atoms with Crippen molar-refractivity contribution in [2.45, 2.75) is 0 Å². The molecule has 0 saturated carbocycles. The fourth-order valence-corrected chi connectivity index (χ4v) is 0.979. The Hall–Kier alpha value is -2.59. The normalized spacial score (nSPS) is 10.1. The van der Waals surface area contributed by atoms with Gasteiger partial charge in [-0.1, -0.05) is 12.1 Å². The molecule has 0 unspecified atom stereocenters. The Labute approximate surface area is 86.9 Å². The number of carbonyl (C=O) groups is 1. The summed E-state index contributed by atoms with van der Waals surface area (Å²) in [6.45, 7) is 0. The van der Waals surface area contributed by atoms with Crippen LogP contribution in [0.3, 0.4) is 0 Å². The predicted molar refractivity (Wildman–Crippen MR) is 53.9 cm³/mol. The molecule has 0 atom stereocenters.